The van der Waals surface area contributed by atoms with Gasteiger partial charge in [-0.05, 0) is 23.2 Å². The standard InChI is InChI=1S/C20H14N4/c21-12-16(13-22)24-20(15-9-5-2-6-10-15)18-11-17(18)19(23-24)14-7-3-1-4-8-14/h1-10,17-18H,11H2/t17-,18+/m0/s1. The van der Waals surface area contributed by atoms with Crippen molar-refractivity contribution in [3.8, 4) is 6.07 Å². The molecule has 4 nitrogen and oxygen atoms in total. The van der Waals surface area contributed by atoms with E-state index in [1.165, 1.54) is 0 Å². The van der Waals surface area contributed by atoms with E-state index in [-0.39, 0.29) is 5.70 Å². The lowest BCUT2D eigenvalue weighted by atomic mass is 9.98. The summed E-state index contributed by atoms with van der Waals surface area (Å²) in [6.07, 6.45) is 0.999. The average Bonchev–Trinajstić information content (AvgIpc) is 3.44. The van der Waals surface area contributed by atoms with Gasteiger partial charge in [-0.15, -0.1) is 0 Å². The zero-order valence-corrected chi connectivity index (χ0v) is 12.9. The minimum atomic E-state index is 0.00707. The molecule has 0 spiro atoms. The Morgan fingerprint density at radius 1 is 1.00 bits per heavy atom. The molecule has 2 aromatic carbocycles. The molecule has 114 valence electrons. The van der Waals surface area contributed by atoms with Crippen LogP contribution in [0.25, 0.3) is 5.41 Å². The molecule has 1 fully saturated rings. The van der Waals surface area contributed by atoms with Gasteiger partial charge in [0.05, 0.1) is 5.92 Å². The zero-order valence-electron chi connectivity index (χ0n) is 12.9. The van der Waals surface area contributed by atoms with Gasteiger partial charge >= 0.3 is 5.70 Å². The summed E-state index contributed by atoms with van der Waals surface area (Å²) in [6, 6.07) is 21.9. The number of nitrogens with zero attached hydrogens (tertiary/aromatic N) is 4. The molecule has 4 heteroatoms. The topological polar surface area (TPSA) is 61.5 Å². The van der Waals surface area contributed by atoms with Crippen molar-refractivity contribution in [3.63, 3.8) is 0 Å². The lowest BCUT2D eigenvalue weighted by Gasteiger charge is -2.11. The third-order valence-electron chi connectivity index (χ3n) is 4.49. The molecule has 24 heavy (non-hydrogen) atoms. The largest absolute Gasteiger partial charge is 0.757 e. The van der Waals surface area contributed by atoms with E-state index in [0.717, 1.165) is 29.0 Å². The molecule has 2 atom stereocenters. The van der Waals surface area contributed by atoms with Crippen LogP contribution in [0.5, 0.6) is 0 Å². The van der Waals surface area contributed by atoms with Crippen LogP contribution in [-0.4, -0.2) is 22.0 Å². The number of hydrogen-bond acceptors (Lipinski definition) is 2. The molecule has 0 radical (unpaired) electrons. The van der Waals surface area contributed by atoms with Crippen LogP contribution in [0.2, 0.25) is 0 Å². The van der Waals surface area contributed by atoms with Crippen LogP contribution in [0.1, 0.15) is 17.5 Å². The van der Waals surface area contributed by atoms with E-state index in [9.17, 15) is 10.7 Å². The predicted molar refractivity (Wildman–Crippen MR) is 92.9 cm³/mol. The van der Waals surface area contributed by atoms with Crippen LogP contribution >= 0.6 is 0 Å². The van der Waals surface area contributed by atoms with Crippen LogP contribution in [-0.2, 0) is 0 Å². The van der Waals surface area contributed by atoms with Crippen molar-refractivity contribution in [2.24, 2.45) is 16.9 Å². The molecular weight excluding hydrogens is 296 g/mol. The third-order valence-corrected chi connectivity index (χ3v) is 4.49. The molecule has 2 aliphatic rings. The molecule has 4 rings (SSSR count). The smallest absolute Gasteiger partial charge is 0.335 e. The third kappa shape index (κ3) is 2.28. The van der Waals surface area contributed by atoms with Crippen molar-refractivity contribution in [2.75, 3.05) is 0 Å². The summed E-state index contributed by atoms with van der Waals surface area (Å²) in [7, 11) is 0. The molecule has 0 aromatic heterocycles. The van der Waals surface area contributed by atoms with E-state index in [4.69, 9.17) is 5.10 Å². The Balaban J connectivity index is 1.94. The van der Waals surface area contributed by atoms with Crippen molar-refractivity contribution in [2.45, 2.75) is 6.42 Å². The Morgan fingerprint density at radius 3 is 2.21 bits per heavy atom. The molecule has 1 aliphatic carbocycles. The van der Waals surface area contributed by atoms with Gasteiger partial charge in [0.1, 0.15) is 5.71 Å². The first-order chi connectivity index (χ1) is 11.8. The van der Waals surface area contributed by atoms with E-state index in [0.29, 0.717) is 11.8 Å². The Labute approximate surface area is 140 Å². The highest BCUT2D eigenvalue weighted by Gasteiger charge is 2.54. The van der Waals surface area contributed by atoms with Gasteiger partial charge < -0.3 is 5.41 Å². The average molecular weight is 310 g/mol. The monoisotopic (exact) mass is 310 g/mol. The molecule has 1 heterocycles. The predicted octanol–water partition coefficient (Wildman–Crippen LogP) is 3.19. The number of hydrazone groups is 1. The van der Waals surface area contributed by atoms with Crippen LogP contribution in [0.15, 0.2) is 71.5 Å². The molecule has 0 saturated heterocycles. The highest BCUT2D eigenvalue weighted by Crippen LogP contribution is 2.46. The van der Waals surface area contributed by atoms with Gasteiger partial charge in [0.25, 0.3) is 0 Å². The Morgan fingerprint density at radius 2 is 1.62 bits per heavy atom. The van der Waals surface area contributed by atoms with Crippen LogP contribution in [0.3, 0.4) is 0 Å². The van der Waals surface area contributed by atoms with Gasteiger partial charge in [0.2, 0.25) is 5.71 Å². The molecule has 0 unspecified atom stereocenters. The molecular formula is C20H14N4. The van der Waals surface area contributed by atoms with Crippen molar-refractivity contribution in [3.05, 3.63) is 82.9 Å². The first-order valence-corrected chi connectivity index (χ1v) is 7.87. The van der Waals surface area contributed by atoms with Gasteiger partial charge in [-0.3, -0.25) is 0 Å². The van der Waals surface area contributed by atoms with E-state index >= 15 is 0 Å². The molecule has 0 bridgehead atoms. The lowest BCUT2D eigenvalue weighted by Crippen LogP contribution is -2.27. The maximum absolute atomic E-state index is 9.37. The quantitative estimate of drug-likeness (QED) is 0.488. The van der Waals surface area contributed by atoms with Gasteiger partial charge in [0, 0.05) is 22.1 Å². The van der Waals surface area contributed by atoms with Crippen molar-refractivity contribution in [1.29, 1.82) is 5.26 Å². The Bertz CT molecular complexity index is 942. The fourth-order valence-corrected chi connectivity index (χ4v) is 3.31. The molecule has 2 aromatic rings. The number of fused-ring (bicyclic) bond motifs is 1. The number of nitriles is 1. The van der Waals surface area contributed by atoms with E-state index in [1.807, 2.05) is 72.6 Å². The lowest BCUT2D eigenvalue weighted by molar-refractivity contribution is -0.476. The van der Waals surface area contributed by atoms with Crippen LogP contribution < -0.4 is 0 Å². The molecule has 0 N–H and O–H groups in total. The Hall–Kier alpha value is -3.28. The first kappa shape index (κ1) is 14.3. The summed E-state index contributed by atoms with van der Waals surface area (Å²) >= 11 is 0. The van der Waals surface area contributed by atoms with Gasteiger partial charge in [0.15, 0.2) is 6.07 Å². The fourth-order valence-electron chi connectivity index (χ4n) is 3.31. The van der Waals surface area contributed by atoms with Gasteiger partial charge in [-0.1, -0.05) is 48.5 Å². The van der Waals surface area contributed by atoms with Crippen LogP contribution in [0, 0.1) is 23.2 Å². The fraction of sp³-hybridized carbons (Fsp3) is 0.150. The summed E-state index contributed by atoms with van der Waals surface area (Å²) in [4.78, 5) is 0. The maximum Gasteiger partial charge on any atom is 0.335 e. The highest BCUT2D eigenvalue weighted by atomic mass is 15.4. The number of benzene rings is 2. The summed E-state index contributed by atoms with van der Waals surface area (Å²) in [6.45, 7) is 0. The SMILES string of the molecule is N#CC(=C=[N-])[N+]1=C(c2ccccc2)[C@@H]2C[C@@H]2C(c2ccccc2)=N1. The second kappa shape index (κ2) is 5.73. The number of rotatable bonds is 3. The number of allylic oxidation sites excluding steroid dienone is 1. The maximum atomic E-state index is 9.37. The van der Waals surface area contributed by atoms with Crippen molar-refractivity contribution < 1.29 is 4.68 Å². The van der Waals surface area contributed by atoms with Crippen molar-refractivity contribution >= 4 is 17.3 Å². The number of hydrogen-bond donors (Lipinski definition) is 0. The van der Waals surface area contributed by atoms with Crippen molar-refractivity contribution in [1.82, 2.24) is 0 Å². The zero-order chi connectivity index (χ0) is 16.5. The summed E-state index contributed by atoms with van der Waals surface area (Å²) < 4.78 is 1.55. The molecule has 1 saturated carbocycles. The van der Waals surface area contributed by atoms with E-state index < -0.39 is 0 Å². The normalized spacial score (nSPS) is 21.2. The minimum absolute atomic E-state index is 0.00707. The summed E-state index contributed by atoms with van der Waals surface area (Å²) in [5.74, 6) is 2.65. The summed E-state index contributed by atoms with van der Waals surface area (Å²) in [5, 5.41) is 23.4. The van der Waals surface area contributed by atoms with Crippen LogP contribution in [0.4, 0.5) is 0 Å². The Kier molecular flexibility index (Phi) is 3.42. The summed E-state index contributed by atoms with van der Waals surface area (Å²) in [5.41, 5.74) is 4.00. The first-order valence-electron chi connectivity index (χ1n) is 7.87. The minimum Gasteiger partial charge on any atom is -0.757 e. The van der Waals surface area contributed by atoms with E-state index in [2.05, 4.69) is 0 Å². The van der Waals surface area contributed by atoms with E-state index in [1.54, 1.807) is 4.68 Å². The molecule has 0 amide bonds. The van der Waals surface area contributed by atoms with Gasteiger partial charge in [-0.2, -0.15) is 11.1 Å². The second-order valence-electron chi connectivity index (χ2n) is 5.94. The van der Waals surface area contributed by atoms with Gasteiger partial charge in [-0.25, -0.2) is 0 Å². The highest BCUT2D eigenvalue weighted by molar-refractivity contribution is 6.12. The second-order valence-corrected chi connectivity index (χ2v) is 5.94. The molecule has 1 aliphatic heterocycles.